The van der Waals surface area contributed by atoms with Crippen LogP contribution in [-0.2, 0) is 52.7 Å². The lowest BCUT2D eigenvalue weighted by Crippen LogP contribution is -2.63. The van der Waals surface area contributed by atoms with Crippen LogP contribution in [0.3, 0.4) is 0 Å². The van der Waals surface area contributed by atoms with E-state index in [2.05, 4.69) is 21.3 Å². The summed E-state index contributed by atoms with van der Waals surface area (Å²) in [5.74, 6) is -9.25. The topological polar surface area (TPSA) is 279 Å². The van der Waals surface area contributed by atoms with Gasteiger partial charge in [0.15, 0.2) is 0 Å². The van der Waals surface area contributed by atoms with Crippen molar-refractivity contribution >= 4 is 65.0 Å². The summed E-state index contributed by atoms with van der Waals surface area (Å²) in [6, 6.07) is -11.1. The Morgan fingerprint density at radius 3 is 1.36 bits per heavy atom. The van der Waals surface area contributed by atoms with E-state index in [1.54, 1.807) is 46.8 Å². The van der Waals surface area contributed by atoms with E-state index in [1.165, 1.54) is 75.9 Å². The number of nitrogens with zero attached hydrogens (tertiary/aromatic N) is 7. The van der Waals surface area contributed by atoms with Crippen LogP contribution in [0, 0.1) is 41.4 Å². The third-order valence-corrected chi connectivity index (χ3v) is 15.7. The van der Waals surface area contributed by atoms with Gasteiger partial charge in [0.1, 0.15) is 54.4 Å². The van der Waals surface area contributed by atoms with Crippen LogP contribution in [0.1, 0.15) is 156 Å². The molecule has 1 fully saturated rings. The zero-order valence-corrected chi connectivity index (χ0v) is 55.9. The molecule has 11 atom stereocenters. The van der Waals surface area contributed by atoms with Crippen LogP contribution in [0.15, 0.2) is 12.2 Å². The van der Waals surface area contributed by atoms with Crippen LogP contribution in [-0.4, -0.2) is 227 Å². The standard InChI is InChI=1S/C62H111N11O12/c1-24-26-27-41(15)53(76)52-56(79)65-43(25-2)58(81)68(18)34-50(75)67(17)33-49(74)64-45(29-36(5)6)59(82)69(19)46(30-37(7)8)55(78)66-44(28-35(3)4)54(77)63-42(16)57(80)70(20)47(31-38(9)10)60(83)71(21)48(32-39(11)12)61(84)72(22)51(40(13)14)62(85)73(52)23/h24,26,35-48,51-53,76H,25,27-34H2,1-23H3,(H,63,77)(H,64,74)(H,65,79)(H,66,78)/b26-24+/t41-,42-,43+,44+,45+,46+,47+,48-,51+,52+,53-/m1/s1. The van der Waals surface area contributed by atoms with Gasteiger partial charge in [0, 0.05) is 49.3 Å². The van der Waals surface area contributed by atoms with Gasteiger partial charge in [0.25, 0.3) is 0 Å². The van der Waals surface area contributed by atoms with E-state index in [9.17, 15) is 43.5 Å². The fraction of sp³-hybridized carbons (Fsp3) is 0.790. The summed E-state index contributed by atoms with van der Waals surface area (Å²) in [6.45, 7) is 27.7. The Labute approximate surface area is 508 Å². The maximum atomic E-state index is 15.1. The van der Waals surface area contributed by atoms with Crippen molar-refractivity contribution in [3.8, 4) is 0 Å². The van der Waals surface area contributed by atoms with Crippen molar-refractivity contribution in [1.82, 2.24) is 55.6 Å². The number of hydrogen-bond acceptors (Lipinski definition) is 12. The zero-order chi connectivity index (χ0) is 65.8. The fourth-order valence-corrected chi connectivity index (χ4v) is 10.7. The molecule has 0 unspecified atom stereocenters. The van der Waals surface area contributed by atoms with E-state index in [4.69, 9.17) is 0 Å². The highest BCUT2D eigenvalue weighted by molar-refractivity contribution is 5.99. The van der Waals surface area contributed by atoms with Gasteiger partial charge in [-0.05, 0) is 100 Å². The molecule has 486 valence electrons. The molecule has 1 aliphatic heterocycles. The molecule has 1 heterocycles. The van der Waals surface area contributed by atoms with Crippen LogP contribution in [0.25, 0.3) is 0 Å². The second kappa shape index (κ2) is 35.5. The lowest BCUT2D eigenvalue weighted by Gasteiger charge is -2.41. The molecular formula is C62H111N11O12. The van der Waals surface area contributed by atoms with Crippen molar-refractivity contribution in [2.75, 3.05) is 62.4 Å². The van der Waals surface area contributed by atoms with Crippen molar-refractivity contribution in [2.24, 2.45) is 41.4 Å². The van der Waals surface area contributed by atoms with E-state index in [0.717, 1.165) is 14.7 Å². The quantitative estimate of drug-likeness (QED) is 0.139. The van der Waals surface area contributed by atoms with Gasteiger partial charge in [0.05, 0.1) is 19.2 Å². The summed E-state index contributed by atoms with van der Waals surface area (Å²) in [6.07, 6.45) is 3.21. The number of aliphatic hydroxyl groups excluding tert-OH is 1. The SMILES string of the molecule is C/C=C/C[C@@H](C)[C@@H](O)[C@H]1C(=O)N[C@@H](CC)C(=O)N(C)CC(=O)N(C)CC(=O)N[C@@H](CC(C)C)C(=O)N(C)[C@@H](CC(C)C)C(=O)N[C@@H](CC(C)C)C(=O)N[C@H](C)C(=O)N(C)[C@@H](CC(C)C)C(=O)N(C)[C@H](CC(C)C)C(=O)N(C)[C@@H](C(C)C)C(=O)N1C. The molecular weight excluding hydrogens is 1090 g/mol. The maximum absolute atomic E-state index is 15.1. The van der Waals surface area contributed by atoms with Crippen molar-refractivity contribution in [1.29, 1.82) is 0 Å². The molecule has 23 nitrogen and oxygen atoms in total. The highest BCUT2D eigenvalue weighted by atomic mass is 16.3. The Hall–Kier alpha value is -6.13. The molecule has 23 heteroatoms. The monoisotopic (exact) mass is 1200 g/mol. The van der Waals surface area contributed by atoms with Crippen LogP contribution < -0.4 is 21.3 Å². The van der Waals surface area contributed by atoms with Gasteiger partial charge in [-0.1, -0.05) is 109 Å². The molecule has 0 aliphatic carbocycles. The lowest BCUT2D eigenvalue weighted by molar-refractivity contribution is -0.157. The predicted molar refractivity (Wildman–Crippen MR) is 328 cm³/mol. The van der Waals surface area contributed by atoms with Crippen LogP contribution >= 0.6 is 0 Å². The van der Waals surface area contributed by atoms with Crippen molar-refractivity contribution in [2.45, 2.75) is 216 Å². The Bertz CT molecular complexity index is 2310. The molecule has 0 bridgehead atoms. The fourth-order valence-electron chi connectivity index (χ4n) is 10.7. The molecule has 0 aromatic carbocycles. The normalized spacial score (nSPS) is 26.0. The molecule has 11 amide bonds. The summed E-state index contributed by atoms with van der Waals surface area (Å²) in [4.78, 5) is 168. The first kappa shape index (κ1) is 76.9. The van der Waals surface area contributed by atoms with Crippen LogP contribution in [0.5, 0.6) is 0 Å². The third-order valence-electron chi connectivity index (χ3n) is 15.7. The zero-order valence-electron chi connectivity index (χ0n) is 55.9. The second-order valence-electron chi connectivity index (χ2n) is 26.2. The van der Waals surface area contributed by atoms with Gasteiger partial charge < -0.3 is 60.7 Å². The average molecular weight is 1200 g/mol. The van der Waals surface area contributed by atoms with Crippen molar-refractivity contribution in [3.05, 3.63) is 12.2 Å². The highest BCUT2D eigenvalue weighted by Gasteiger charge is 2.45. The van der Waals surface area contributed by atoms with Crippen LogP contribution in [0.2, 0.25) is 0 Å². The molecule has 1 aliphatic rings. The molecule has 0 aromatic heterocycles. The largest absolute Gasteiger partial charge is 0.390 e. The second-order valence-corrected chi connectivity index (χ2v) is 26.2. The van der Waals surface area contributed by atoms with E-state index in [1.807, 2.05) is 69.2 Å². The molecule has 85 heavy (non-hydrogen) atoms. The number of amides is 11. The minimum atomic E-state index is -1.60. The van der Waals surface area contributed by atoms with Gasteiger partial charge in [-0.2, -0.15) is 0 Å². The van der Waals surface area contributed by atoms with Gasteiger partial charge in [0.2, 0.25) is 65.0 Å². The molecule has 1 saturated heterocycles. The number of likely N-dealkylation sites (N-methyl/N-ethyl adjacent to an activating group) is 7. The molecule has 0 radical (unpaired) electrons. The van der Waals surface area contributed by atoms with E-state index in [-0.39, 0.29) is 68.1 Å². The summed E-state index contributed by atoms with van der Waals surface area (Å²) in [7, 11) is 9.87. The number of aliphatic hydroxyl groups is 1. The number of carbonyl (C=O) groups excluding carboxylic acids is 11. The van der Waals surface area contributed by atoms with Crippen molar-refractivity contribution < 1.29 is 57.8 Å². The molecule has 1 rings (SSSR count). The first-order valence-corrected chi connectivity index (χ1v) is 30.6. The van der Waals surface area contributed by atoms with E-state index >= 15 is 14.4 Å². The Balaban J connectivity index is 4.30. The number of rotatable bonds is 16. The Kier molecular flexibility index (Phi) is 32.1. The molecule has 5 N–H and O–H groups in total. The van der Waals surface area contributed by atoms with Gasteiger partial charge in [-0.3, -0.25) is 52.7 Å². The first-order valence-electron chi connectivity index (χ1n) is 30.6. The van der Waals surface area contributed by atoms with E-state index in [0.29, 0.717) is 6.42 Å². The number of nitrogens with one attached hydrogen (secondary N) is 4. The molecule has 0 spiro atoms. The predicted octanol–water partition coefficient (Wildman–Crippen LogP) is 3.27. The average Bonchev–Trinajstić information content (AvgIpc) is 3.61. The van der Waals surface area contributed by atoms with Gasteiger partial charge >= 0.3 is 0 Å². The molecule has 0 aromatic rings. The van der Waals surface area contributed by atoms with Gasteiger partial charge in [-0.15, -0.1) is 0 Å². The Morgan fingerprint density at radius 1 is 0.459 bits per heavy atom. The summed E-state index contributed by atoms with van der Waals surface area (Å²) < 4.78 is 0. The minimum absolute atomic E-state index is 0.0270. The summed E-state index contributed by atoms with van der Waals surface area (Å²) in [5.41, 5.74) is 0. The van der Waals surface area contributed by atoms with Crippen LogP contribution in [0.4, 0.5) is 0 Å². The smallest absolute Gasteiger partial charge is 0.246 e. The van der Waals surface area contributed by atoms with E-state index < -0.39 is 150 Å². The minimum Gasteiger partial charge on any atom is -0.390 e. The summed E-state index contributed by atoms with van der Waals surface area (Å²) in [5, 5.41) is 23.1. The van der Waals surface area contributed by atoms with Crippen molar-refractivity contribution in [3.63, 3.8) is 0 Å². The highest BCUT2D eigenvalue weighted by Crippen LogP contribution is 2.25. The maximum Gasteiger partial charge on any atom is 0.246 e. The number of hydrogen-bond donors (Lipinski definition) is 5. The summed E-state index contributed by atoms with van der Waals surface area (Å²) >= 11 is 0. The Morgan fingerprint density at radius 2 is 0.894 bits per heavy atom. The third kappa shape index (κ3) is 22.9. The number of carbonyl (C=O) groups is 11. The van der Waals surface area contributed by atoms with Gasteiger partial charge in [-0.25, -0.2) is 0 Å². The molecule has 0 saturated carbocycles. The first-order chi connectivity index (χ1) is 39.3. The number of allylic oxidation sites excluding steroid dienone is 2. The lowest BCUT2D eigenvalue weighted by atomic mass is 9.91.